The Morgan fingerprint density at radius 1 is 0.915 bits per heavy atom. The van der Waals surface area contributed by atoms with Gasteiger partial charge in [0.15, 0.2) is 5.76 Å². The topological polar surface area (TPSA) is 140 Å². The molecule has 2 heterocycles. The van der Waals surface area contributed by atoms with Crippen molar-refractivity contribution in [2.24, 2.45) is 0 Å². The second-order valence-electron chi connectivity index (χ2n) is 14.8. The molecule has 0 radical (unpaired) electrons. The van der Waals surface area contributed by atoms with Crippen LogP contribution in [0.15, 0.2) is 126 Å². The highest BCUT2D eigenvalue weighted by Crippen LogP contribution is 2.31. The fourth-order valence-electron chi connectivity index (χ4n) is 7.42. The molecule has 2 unspecified atom stereocenters. The molecule has 12 heteroatoms. The summed E-state index contributed by atoms with van der Waals surface area (Å²) in [5.41, 5.74) is 5.50. The first-order chi connectivity index (χ1) is 28.6. The second-order valence-corrected chi connectivity index (χ2v) is 14.8. The zero-order chi connectivity index (χ0) is 41.9. The van der Waals surface area contributed by atoms with Crippen LogP contribution in [0.1, 0.15) is 55.7 Å². The Labute approximate surface area is 346 Å². The maximum absolute atomic E-state index is 13.9. The minimum atomic E-state index is -0.496. The van der Waals surface area contributed by atoms with Gasteiger partial charge >= 0.3 is 0 Å². The second kappa shape index (κ2) is 19.9. The molecule has 0 saturated carbocycles. The highest BCUT2D eigenvalue weighted by atomic mass is 16.4. The summed E-state index contributed by atoms with van der Waals surface area (Å²) >= 11 is 0. The molecule has 3 atom stereocenters. The van der Waals surface area contributed by atoms with E-state index in [-0.39, 0.29) is 36.7 Å². The van der Waals surface area contributed by atoms with Crippen molar-refractivity contribution in [3.63, 3.8) is 0 Å². The third kappa shape index (κ3) is 10.2. The fraction of sp³-hybridized carbons (Fsp3) is 0.298. The number of hydrogen-bond donors (Lipinski definition) is 3. The van der Waals surface area contributed by atoms with Gasteiger partial charge in [0, 0.05) is 35.9 Å². The molecule has 59 heavy (non-hydrogen) atoms. The van der Waals surface area contributed by atoms with E-state index in [9.17, 15) is 14.4 Å². The zero-order valence-electron chi connectivity index (χ0n) is 34.5. The molecule has 2 aromatic heterocycles. The van der Waals surface area contributed by atoms with Crippen molar-refractivity contribution >= 4 is 34.4 Å². The highest BCUT2D eigenvalue weighted by Gasteiger charge is 2.31. The summed E-state index contributed by atoms with van der Waals surface area (Å²) in [5.74, 6) is 1.22. The van der Waals surface area contributed by atoms with Gasteiger partial charge < -0.3 is 29.8 Å². The van der Waals surface area contributed by atoms with Gasteiger partial charge in [-0.3, -0.25) is 19.3 Å². The number of rotatable bonds is 19. The first kappa shape index (κ1) is 42.2. The molecular weight excluding hydrogens is 741 g/mol. The van der Waals surface area contributed by atoms with Crippen molar-refractivity contribution in [3.05, 3.63) is 139 Å². The summed E-state index contributed by atoms with van der Waals surface area (Å²) in [5, 5.41) is 6.18. The van der Waals surface area contributed by atoms with Crippen LogP contribution >= 0.6 is 0 Å². The summed E-state index contributed by atoms with van der Waals surface area (Å²) in [4.78, 5) is 59.1. The van der Waals surface area contributed by atoms with Crippen molar-refractivity contribution in [1.29, 1.82) is 0 Å². The number of aromatic amines is 1. The molecule has 0 fully saturated rings. The van der Waals surface area contributed by atoms with Gasteiger partial charge in [-0.1, -0.05) is 80.6 Å². The Morgan fingerprint density at radius 2 is 1.61 bits per heavy atom. The number of aromatic nitrogens is 3. The van der Waals surface area contributed by atoms with Gasteiger partial charge in [0.05, 0.1) is 30.2 Å². The molecule has 4 aromatic carbocycles. The van der Waals surface area contributed by atoms with Gasteiger partial charge in [-0.05, 0) is 87.6 Å². The third-order valence-electron chi connectivity index (χ3n) is 10.3. The lowest BCUT2D eigenvalue weighted by Crippen LogP contribution is -2.47. The Hall–Kier alpha value is -6.37. The normalized spacial score (nSPS) is 12.8. The van der Waals surface area contributed by atoms with Gasteiger partial charge in [0.1, 0.15) is 17.9 Å². The van der Waals surface area contributed by atoms with Crippen LogP contribution in [0, 0.1) is 0 Å². The molecular formula is C47H54N8O4. The molecule has 0 aliphatic carbocycles. The minimum absolute atomic E-state index is 0.00288. The maximum Gasteiger partial charge on any atom is 0.244 e. The maximum atomic E-state index is 13.9. The molecule has 0 aliphatic rings. The summed E-state index contributed by atoms with van der Waals surface area (Å²) in [6, 6.07) is 31.4. The first-order valence-electron chi connectivity index (χ1n) is 20.1. The summed E-state index contributed by atoms with van der Waals surface area (Å²) in [6.45, 7) is 9.22. The standard InChI is InChI=1S/C47H54N8O4/c1-7-26-54(47(58)44(53(5)6)33-18-14-11-15-19-33)31-42(56)50-36-23-20-34(21-24-36)46-49-30-41(59-46)35-22-25-38-39(28-35)52-45(51-38)40(9-3)55(37(8-2)29-48-4)43(57)27-32-16-12-10-13-17-32/h9-25,28,30,37,40,44,48H,3,7-8,26-27,29,31H2,1-2,4-6H3,(H,50,56)(H,51,52)/t37?,40-,44?/m0/s1. The summed E-state index contributed by atoms with van der Waals surface area (Å²) in [6.07, 6.45) is 5.21. The molecule has 6 rings (SSSR count). The number of nitrogens with one attached hydrogen (secondary N) is 3. The van der Waals surface area contributed by atoms with Gasteiger partial charge in [-0.15, -0.1) is 6.58 Å². The van der Waals surface area contributed by atoms with Crippen LogP contribution in [0.5, 0.6) is 0 Å². The van der Waals surface area contributed by atoms with Crippen molar-refractivity contribution in [3.8, 4) is 22.8 Å². The van der Waals surface area contributed by atoms with Crippen LogP contribution in [0.3, 0.4) is 0 Å². The molecule has 6 aromatic rings. The highest BCUT2D eigenvalue weighted by molar-refractivity contribution is 5.95. The largest absolute Gasteiger partial charge is 0.436 e. The van der Waals surface area contributed by atoms with Crippen LogP contribution in [-0.4, -0.2) is 94.2 Å². The fourth-order valence-corrected chi connectivity index (χ4v) is 7.42. The number of anilines is 1. The van der Waals surface area contributed by atoms with Gasteiger partial charge in [-0.25, -0.2) is 9.97 Å². The number of amides is 3. The number of imidazole rings is 1. The van der Waals surface area contributed by atoms with E-state index < -0.39 is 12.1 Å². The van der Waals surface area contributed by atoms with E-state index in [2.05, 4.69) is 34.1 Å². The molecule has 3 amide bonds. The van der Waals surface area contributed by atoms with Crippen molar-refractivity contribution in [2.75, 3.05) is 46.1 Å². The molecule has 0 saturated heterocycles. The zero-order valence-corrected chi connectivity index (χ0v) is 34.5. The van der Waals surface area contributed by atoms with Crippen molar-refractivity contribution in [1.82, 2.24) is 35.0 Å². The van der Waals surface area contributed by atoms with Gasteiger partial charge in [0.25, 0.3) is 0 Å². The van der Waals surface area contributed by atoms with Gasteiger partial charge in [0.2, 0.25) is 23.6 Å². The van der Waals surface area contributed by atoms with Crippen LogP contribution in [0.4, 0.5) is 5.69 Å². The first-order valence-corrected chi connectivity index (χ1v) is 20.1. The third-order valence-corrected chi connectivity index (χ3v) is 10.3. The minimum Gasteiger partial charge on any atom is -0.436 e. The molecule has 306 valence electrons. The average Bonchev–Trinajstić information content (AvgIpc) is 3.91. The van der Waals surface area contributed by atoms with Crippen LogP contribution in [0.2, 0.25) is 0 Å². The van der Waals surface area contributed by atoms with E-state index in [0.29, 0.717) is 36.3 Å². The lowest BCUT2D eigenvalue weighted by atomic mass is 10.0. The number of carbonyl (C=O) groups is 3. The SMILES string of the molecule is C=C[C@@H](c1nc2ccc(-c3cnc(-c4ccc(NC(=O)CN(CCC)C(=O)C(c5ccccc5)N(C)C)cc4)o3)cc2[nH]1)N(C(=O)Cc1ccccc1)C(CC)CNC. The number of benzene rings is 4. The van der Waals surface area contributed by atoms with E-state index in [4.69, 9.17) is 9.40 Å². The number of likely N-dealkylation sites (N-methyl/N-ethyl adjacent to an activating group) is 2. The van der Waals surface area contributed by atoms with Crippen LogP contribution in [-0.2, 0) is 20.8 Å². The molecule has 3 N–H and O–H groups in total. The predicted molar refractivity (Wildman–Crippen MR) is 233 cm³/mol. The quantitative estimate of drug-likeness (QED) is 0.0711. The Bertz CT molecular complexity index is 2320. The molecule has 0 bridgehead atoms. The number of nitrogens with zero attached hydrogens (tertiary/aromatic N) is 5. The van der Waals surface area contributed by atoms with E-state index in [1.165, 1.54) is 0 Å². The number of hydrogen-bond acceptors (Lipinski definition) is 8. The Morgan fingerprint density at radius 3 is 2.25 bits per heavy atom. The van der Waals surface area contributed by atoms with E-state index in [1.807, 2.05) is 129 Å². The average molecular weight is 795 g/mol. The van der Waals surface area contributed by atoms with E-state index in [1.54, 1.807) is 29.3 Å². The predicted octanol–water partition coefficient (Wildman–Crippen LogP) is 7.66. The number of H-pyrrole nitrogens is 1. The van der Waals surface area contributed by atoms with Gasteiger partial charge in [-0.2, -0.15) is 0 Å². The number of carbonyl (C=O) groups excluding carboxylic acids is 3. The lowest BCUT2D eigenvalue weighted by molar-refractivity contribution is -0.139. The summed E-state index contributed by atoms with van der Waals surface area (Å²) in [7, 11) is 5.62. The summed E-state index contributed by atoms with van der Waals surface area (Å²) < 4.78 is 6.23. The van der Waals surface area contributed by atoms with E-state index >= 15 is 0 Å². The van der Waals surface area contributed by atoms with Crippen molar-refractivity contribution in [2.45, 2.75) is 51.2 Å². The van der Waals surface area contributed by atoms with Crippen LogP contribution in [0.25, 0.3) is 33.8 Å². The van der Waals surface area contributed by atoms with E-state index in [0.717, 1.165) is 46.1 Å². The van der Waals surface area contributed by atoms with Crippen molar-refractivity contribution < 1.29 is 18.8 Å². The molecule has 0 spiro atoms. The monoisotopic (exact) mass is 794 g/mol. The smallest absolute Gasteiger partial charge is 0.244 e. The Kier molecular flexibility index (Phi) is 14.2. The van der Waals surface area contributed by atoms with Crippen LogP contribution < -0.4 is 10.6 Å². The molecule has 12 nitrogen and oxygen atoms in total. The number of oxazole rings is 1. The Balaban J connectivity index is 1.14. The lowest BCUT2D eigenvalue weighted by Gasteiger charge is -2.36. The number of fused-ring (bicyclic) bond motifs is 1. The molecule has 0 aliphatic heterocycles.